The minimum atomic E-state index is -5.17. The molecule has 0 fully saturated rings. The van der Waals surface area contributed by atoms with Gasteiger partial charge in [-0.3, -0.25) is 0 Å². The van der Waals surface area contributed by atoms with E-state index in [2.05, 4.69) is 0 Å². The summed E-state index contributed by atoms with van der Waals surface area (Å²) in [5.41, 5.74) is 3.55. The van der Waals surface area contributed by atoms with E-state index in [1.807, 2.05) is 36.4 Å². The van der Waals surface area contributed by atoms with Crippen LogP contribution in [0.5, 0.6) is 0 Å². The predicted octanol–water partition coefficient (Wildman–Crippen LogP) is 4.23. The van der Waals surface area contributed by atoms with E-state index in [-0.39, 0.29) is 6.61 Å². The van der Waals surface area contributed by atoms with Gasteiger partial charge >= 0.3 is 18.4 Å². The van der Waals surface area contributed by atoms with Gasteiger partial charge in [0.1, 0.15) is 12.6 Å². The lowest BCUT2D eigenvalue weighted by Crippen LogP contribution is -2.51. The molecule has 2 aromatic rings. The Morgan fingerprint density at radius 2 is 1.56 bits per heavy atom. The Balaban J connectivity index is 1.84. The van der Waals surface area contributed by atoms with E-state index < -0.39 is 35.2 Å². The van der Waals surface area contributed by atoms with Crippen LogP contribution in [0.2, 0.25) is 0 Å². The number of benzene rings is 2. The van der Waals surface area contributed by atoms with Gasteiger partial charge in [0, 0.05) is 5.92 Å². The highest BCUT2D eigenvalue weighted by molar-refractivity contribution is 5.81. The molecule has 5 nitrogen and oxygen atoms in total. The first-order chi connectivity index (χ1) is 12.7. The number of hydrogen-bond acceptors (Lipinski definition) is 3. The van der Waals surface area contributed by atoms with Gasteiger partial charge in [-0.05, 0) is 29.2 Å². The fourth-order valence-corrected chi connectivity index (χ4v) is 3.26. The number of rotatable bonds is 4. The highest BCUT2D eigenvalue weighted by Gasteiger charge is 2.48. The Labute approximate surface area is 153 Å². The number of halogens is 3. The number of alkyl halides is 3. The highest BCUT2D eigenvalue weighted by atomic mass is 19.4. The summed E-state index contributed by atoms with van der Waals surface area (Å²) in [6.45, 7) is 0.447. The molecule has 1 aliphatic carbocycles. The van der Waals surface area contributed by atoms with E-state index in [4.69, 9.17) is 9.84 Å². The summed E-state index contributed by atoms with van der Waals surface area (Å²) < 4.78 is 44.3. The van der Waals surface area contributed by atoms with Gasteiger partial charge in [0.15, 0.2) is 0 Å². The molecule has 2 aromatic carbocycles. The van der Waals surface area contributed by atoms with E-state index in [1.165, 1.54) is 0 Å². The van der Waals surface area contributed by atoms with Crippen molar-refractivity contribution in [3.8, 4) is 11.1 Å². The molecule has 142 valence electrons. The number of carboxylic acid groups (broad SMARTS) is 1. The smallest absolute Gasteiger partial charge is 0.480 e. The lowest BCUT2D eigenvalue weighted by atomic mass is 9.98. The molecule has 0 saturated heterocycles. The van der Waals surface area contributed by atoms with Gasteiger partial charge in [-0.15, -0.1) is 13.2 Å². The van der Waals surface area contributed by atoms with Gasteiger partial charge in [-0.1, -0.05) is 48.5 Å². The second kappa shape index (κ2) is 6.94. The number of hydrogen-bond donors (Lipinski definition) is 1. The molecule has 0 bridgehead atoms. The molecule has 0 radical (unpaired) electrons. The van der Waals surface area contributed by atoms with Crippen molar-refractivity contribution in [1.29, 1.82) is 0 Å². The van der Waals surface area contributed by atoms with Gasteiger partial charge in [-0.25, -0.2) is 14.5 Å². The molecule has 0 aromatic heterocycles. The standard InChI is InChI=1S/C19H16F3NO4/c1-11(17(24)25)23(19(20,21)22)18(26)27-10-16-14-8-4-2-6-12(14)13-7-3-5-9-15(13)16/h2-9,11,16H,10H2,1H3,(H,24,25). The minimum absolute atomic E-state index is 0.328. The Morgan fingerprint density at radius 1 is 1.07 bits per heavy atom. The van der Waals surface area contributed by atoms with Crippen LogP contribution in [0.1, 0.15) is 24.0 Å². The monoisotopic (exact) mass is 379 g/mol. The molecule has 0 saturated carbocycles. The molecule has 27 heavy (non-hydrogen) atoms. The number of carboxylic acids is 1. The van der Waals surface area contributed by atoms with Crippen LogP contribution < -0.4 is 0 Å². The lowest BCUT2D eigenvalue weighted by molar-refractivity contribution is -0.242. The van der Waals surface area contributed by atoms with Crippen LogP contribution in [0.15, 0.2) is 48.5 Å². The van der Waals surface area contributed by atoms with Gasteiger partial charge in [0.2, 0.25) is 0 Å². The van der Waals surface area contributed by atoms with E-state index in [1.54, 1.807) is 12.1 Å². The minimum Gasteiger partial charge on any atom is -0.480 e. The van der Waals surface area contributed by atoms with Crippen molar-refractivity contribution < 1.29 is 32.6 Å². The van der Waals surface area contributed by atoms with Crippen molar-refractivity contribution in [2.75, 3.05) is 6.61 Å². The van der Waals surface area contributed by atoms with E-state index in [0.717, 1.165) is 29.2 Å². The summed E-state index contributed by atoms with van der Waals surface area (Å²) >= 11 is 0. The molecule has 0 spiro atoms. The number of fused-ring (bicyclic) bond motifs is 3. The SMILES string of the molecule is CC(C(=O)O)N(C(=O)OCC1c2ccccc2-c2ccccc21)C(F)(F)F. The summed E-state index contributed by atoms with van der Waals surface area (Å²) in [5, 5.41) is 8.86. The van der Waals surface area contributed by atoms with Crippen molar-refractivity contribution in [3.63, 3.8) is 0 Å². The number of carbonyl (C=O) groups excluding carboxylic acids is 1. The Bertz CT molecular complexity index is 836. The normalized spacial score (nSPS) is 14.2. The molecule has 1 unspecified atom stereocenters. The van der Waals surface area contributed by atoms with Crippen LogP contribution in [-0.2, 0) is 9.53 Å². The molecule has 0 aliphatic heterocycles. The first-order valence-electron chi connectivity index (χ1n) is 8.15. The molecule has 1 aliphatic rings. The second-order valence-electron chi connectivity index (χ2n) is 6.16. The van der Waals surface area contributed by atoms with Crippen LogP contribution >= 0.6 is 0 Å². The summed E-state index contributed by atoms with van der Waals surface area (Å²) in [6.07, 6.45) is -6.90. The highest BCUT2D eigenvalue weighted by Crippen LogP contribution is 2.44. The molecule has 1 amide bonds. The number of aliphatic carboxylic acids is 1. The summed E-state index contributed by atoms with van der Waals surface area (Å²) in [5.74, 6) is -2.20. The van der Waals surface area contributed by atoms with Crippen LogP contribution in [0.3, 0.4) is 0 Å². The predicted molar refractivity (Wildman–Crippen MR) is 90.1 cm³/mol. The maximum absolute atomic E-state index is 13.1. The average molecular weight is 379 g/mol. The Hall–Kier alpha value is -3.03. The maximum Gasteiger partial charge on any atom is 0.490 e. The van der Waals surface area contributed by atoms with E-state index in [0.29, 0.717) is 0 Å². The van der Waals surface area contributed by atoms with Crippen molar-refractivity contribution >= 4 is 12.1 Å². The number of ether oxygens (including phenoxy) is 1. The Morgan fingerprint density at radius 3 is 2.00 bits per heavy atom. The molecule has 1 N–H and O–H groups in total. The van der Waals surface area contributed by atoms with E-state index >= 15 is 0 Å². The fourth-order valence-electron chi connectivity index (χ4n) is 3.26. The summed E-state index contributed by atoms with van der Waals surface area (Å²) in [4.78, 5) is 22.2. The molecular formula is C19H16F3NO4. The van der Waals surface area contributed by atoms with Crippen molar-refractivity contribution in [2.45, 2.75) is 25.2 Å². The average Bonchev–Trinajstić information content (AvgIpc) is 2.93. The van der Waals surface area contributed by atoms with Gasteiger partial charge < -0.3 is 9.84 Å². The Kier molecular flexibility index (Phi) is 4.82. The van der Waals surface area contributed by atoms with Crippen molar-refractivity contribution in [1.82, 2.24) is 4.90 Å². The molecular weight excluding hydrogens is 363 g/mol. The summed E-state index contributed by atoms with van der Waals surface area (Å²) in [7, 11) is 0. The molecule has 0 heterocycles. The topological polar surface area (TPSA) is 66.8 Å². The third kappa shape index (κ3) is 3.47. The van der Waals surface area contributed by atoms with Crippen molar-refractivity contribution in [2.24, 2.45) is 0 Å². The fraction of sp³-hybridized carbons (Fsp3) is 0.263. The van der Waals surface area contributed by atoms with Gasteiger partial charge in [0.05, 0.1) is 0 Å². The summed E-state index contributed by atoms with van der Waals surface area (Å²) in [6, 6.07) is 12.6. The lowest BCUT2D eigenvalue weighted by Gasteiger charge is -2.28. The number of amides is 1. The van der Waals surface area contributed by atoms with Gasteiger partial charge in [0.25, 0.3) is 0 Å². The van der Waals surface area contributed by atoms with Crippen molar-refractivity contribution in [3.05, 3.63) is 59.7 Å². The maximum atomic E-state index is 13.1. The number of carbonyl (C=O) groups is 2. The third-order valence-corrected chi connectivity index (χ3v) is 4.55. The largest absolute Gasteiger partial charge is 0.490 e. The zero-order valence-electron chi connectivity index (χ0n) is 14.2. The first kappa shape index (κ1) is 18.8. The van der Waals surface area contributed by atoms with Crippen LogP contribution in [0.4, 0.5) is 18.0 Å². The third-order valence-electron chi connectivity index (χ3n) is 4.55. The van der Waals surface area contributed by atoms with Crippen LogP contribution in [0.25, 0.3) is 11.1 Å². The second-order valence-corrected chi connectivity index (χ2v) is 6.16. The zero-order chi connectivity index (χ0) is 19.8. The first-order valence-corrected chi connectivity index (χ1v) is 8.15. The van der Waals surface area contributed by atoms with E-state index in [9.17, 15) is 22.8 Å². The molecule has 1 atom stereocenters. The van der Waals surface area contributed by atoms with Crippen LogP contribution in [0, 0.1) is 0 Å². The van der Waals surface area contributed by atoms with Gasteiger partial charge in [-0.2, -0.15) is 0 Å². The van der Waals surface area contributed by atoms with Crippen LogP contribution in [-0.4, -0.2) is 41.0 Å². The molecule has 8 heteroatoms. The zero-order valence-corrected chi connectivity index (χ0v) is 14.2. The number of nitrogens with zero attached hydrogens (tertiary/aromatic N) is 1. The quantitative estimate of drug-likeness (QED) is 0.808. The molecule has 3 rings (SSSR count).